The van der Waals surface area contributed by atoms with Crippen molar-refractivity contribution in [3.8, 4) is 0 Å². The molecule has 5 heteroatoms. The van der Waals surface area contributed by atoms with Gasteiger partial charge in [-0.1, -0.05) is 54.9 Å². The fourth-order valence-corrected chi connectivity index (χ4v) is 5.90. The van der Waals surface area contributed by atoms with Crippen LogP contribution in [0.3, 0.4) is 0 Å². The summed E-state index contributed by atoms with van der Waals surface area (Å²) in [6.07, 6.45) is 2.42. The van der Waals surface area contributed by atoms with E-state index in [-0.39, 0.29) is 11.9 Å². The van der Waals surface area contributed by atoms with Crippen molar-refractivity contribution < 1.29 is 9.69 Å². The van der Waals surface area contributed by atoms with Crippen LogP contribution in [-0.2, 0) is 0 Å². The quantitative estimate of drug-likeness (QED) is 0.512. The number of piperidine rings is 1. The number of quaternary nitrogens is 1. The van der Waals surface area contributed by atoms with Crippen LogP contribution in [0.2, 0.25) is 5.02 Å². The molecule has 31 heavy (non-hydrogen) atoms. The van der Waals surface area contributed by atoms with Crippen molar-refractivity contribution in [3.05, 3.63) is 86.8 Å². The summed E-state index contributed by atoms with van der Waals surface area (Å²) < 4.78 is 0. The first-order chi connectivity index (χ1) is 15.0. The van der Waals surface area contributed by atoms with E-state index in [1.54, 1.807) is 11.3 Å². The molecule has 2 aromatic carbocycles. The van der Waals surface area contributed by atoms with Gasteiger partial charge in [-0.3, -0.25) is 4.79 Å². The normalized spacial score (nSPS) is 19.7. The van der Waals surface area contributed by atoms with Crippen LogP contribution in [0, 0.1) is 19.8 Å². The van der Waals surface area contributed by atoms with Crippen LogP contribution in [0.4, 0.5) is 5.00 Å². The fraction of sp³-hybridized carbons (Fsp3) is 0.346. The second-order valence-electron chi connectivity index (χ2n) is 8.64. The van der Waals surface area contributed by atoms with Crippen molar-refractivity contribution >= 4 is 33.8 Å². The zero-order valence-electron chi connectivity index (χ0n) is 18.4. The number of rotatable bonds is 5. The van der Waals surface area contributed by atoms with E-state index >= 15 is 0 Å². The van der Waals surface area contributed by atoms with Gasteiger partial charge in [-0.2, -0.15) is 0 Å². The number of carbonyl (C=O) groups excluding carboxylic acids is 1. The monoisotopic (exact) mass is 453 g/mol. The van der Waals surface area contributed by atoms with E-state index in [0.717, 1.165) is 34.6 Å². The Bertz CT molecular complexity index is 1050. The molecule has 1 aromatic heterocycles. The highest BCUT2D eigenvalue weighted by atomic mass is 35.5. The molecule has 3 nitrogen and oxygen atoms in total. The zero-order chi connectivity index (χ0) is 22.0. The lowest BCUT2D eigenvalue weighted by Gasteiger charge is -2.35. The lowest BCUT2D eigenvalue weighted by Crippen LogP contribution is -3.13. The molecule has 0 unspecified atom stereocenters. The number of amides is 1. The molecular weight excluding hydrogens is 424 g/mol. The second-order valence-corrected chi connectivity index (χ2v) is 10.3. The van der Waals surface area contributed by atoms with Gasteiger partial charge < -0.3 is 10.2 Å². The minimum absolute atomic E-state index is 0.0664. The van der Waals surface area contributed by atoms with Crippen LogP contribution in [0.5, 0.6) is 0 Å². The van der Waals surface area contributed by atoms with Crippen LogP contribution >= 0.6 is 22.9 Å². The smallest absolute Gasteiger partial charge is 0.256 e. The molecule has 3 aromatic rings. The average Bonchev–Trinajstić information content (AvgIpc) is 3.05. The van der Waals surface area contributed by atoms with E-state index in [4.69, 9.17) is 11.6 Å². The fourth-order valence-electron chi connectivity index (χ4n) is 4.56. The summed E-state index contributed by atoms with van der Waals surface area (Å²) in [5, 5.41) is 4.97. The van der Waals surface area contributed by atoms with Gasteiger partial charge in [0.1, 0.15) is 11.0 Å². The Balaban J connectivity index is 1.78. The summed E-state index contributed by atoms with van der Waals surface area (Å²) in [7, 11) is 0. The number of thiophene rings is 1. The number of aryl methyl sites for hydroxylation is 1. The average molecular weight is 454 g/mol. The van der Waals surface area contributed by atoms with Gasteiger partial charge in [-0.25, -0.2) is 0 Å². The SMILES string of the molecule is Cc1sc(NC(=O)c2ccccc2)c([C@@H](c2ccccc2Cl)[NH+]2CCC(C)CC2)c1C. The number of benzene rings is 2. The van der Waals surface area contributed by atoms with Gasteiger partial charge in [-0.05, 0) is 56.4 Å². The van der Waals surface area contributed by atoms with Gasteiger partial charge in [0.15, 0.2) is 0 Å². The van der Waals surface area contributed by atoms with Crippen LogP contribution < -0.4 is 10.2 Å². The van der Waals surface area contributed by atoms with Gasteiger partial charge in [0.25, 0.3) is 5.91 Å². The summed E-state index contributed by atoms with van der Waals surface area (Å²) >= 11 is 8.40. The Kier molecular flexibility index (Phi) is 6.80. The third-order valence-corrected chi connectivity index (χ3v) is 8.01. The molecule has 4 rings (SSSR count). The van der Waals surface area contributed by atoms with Gasteiger partial charge in [0, 0.05) is 16.0 Å². The third-order valence-electron chi connectivity index (χ3n) is 6.52. The van der Waals surface area contributed by atoms with Crippen LogP contribution in [0.25, 0.3) is 0 Å². The Morgan fingerprint density at radius 1 is 1.06 bits per heavy atom. The van der Waals surface area contributed by atoms with E-state index in [9.17, 15) is 4.79 Å². The zero-order valence-corrected chi connectivity index (χ0v) is 19.9. The van der Waals surface area contributed by atoms with E-state index in [1.165, 1.54) is 33.7 Å². The summed E-state index contributed by atoms with van der Waals surface area (Å²) in [6, 6.07) is 17.7. The van der Waals surface area contributed by atoms with Crippen LogP contribution in [0.1, 0.15) is 57.7 Å². The summed E-state index contributed by atoms with van der Waals surface area (Å²) in [6.45, 7) is 8.87. The molecular formula is C26H30ClN2OS+. The maximum Gasteiger partial charge on any atom is 0.256 e. The van der Waals surface area contributed by atoms with Gasteiger partial charge in [0.05, 0.1) is 23.7 Å². The van der Waals surface area contributed by atoms with E-state index in [1.807, 2.05) is 42.5 Å². The van der Waals surface area contributed by atoms with Gasteiger partial charge in [0.2, 0.25) is 0 Å². The Morgan fingerprint density at radius 3 is 2.39 bits per heavy atom. The summed E-state index contributed by atoms with van der Waals surface area (Å²) in [4.78, 5) is 15.8. The third kappa shape index (κ3) is 4.72. The summed E-state index contributed by atoms with van der Waals surface area (Å²) in [5.41, 5.74) is 4.28. The molecule has 1 fully saturated rings. The van der Waals surface area contributed by atoms with Crippen LogP contribution in [0.15, 0.2) is 54.6 Å². The highest BCUT2D eigenvalue weighted by Crippen LogP contribution is 2.40. The topological polar surface area (TPSA) is 33.5 Å². The molecule has 1 amide bonds. The maximum absolute atomic E-state index is 13.0. The highest BCUT2D eigenvalue weighted by Gasteiger charge is 2.35. The molecule has 1 saturated heterocycles. The lowest BCUT2D eigenvalue weighted by atomic mass is 9.91. The molecule has 0 spiro atoms. The van der Waals surface area contributed by atoms with E-state index < -0.39 is 0 Å². The first kappa shape index (κ1) is 22.1. The largest absolute Gasteiger partial charge is 0.325 e. The van der Waals surface area contributed by atoms with Crippen molar-refractivity contribution in [1.82, 2.24) is 0 Å². The molecule has 162 valence electrons. The molecule has 0 bridgehead atoms. The highest BCUT2D eigenvalue weighted by molar-refractivity contribution is 7.16. The van der Waals surface area contributed by atoms with Crippen molar-refractivity contribution in [3.63, 3.8) is 0 Å². The Morgan fingerprint density at radius 2 is 1.71 bits per heavy atom. The number of anilines is 1. The predicted molar refractivity (Wildman–Crippen MR) is 131 cm³/mol. The molecule has 2 N–H and O–H groups in total. The van der Waals surface area contributed by atoms with Crippen LogP contribution in [-0.4, -0.2) is 19.0 Å². The molecule has 0 radical (unpaired) electrons. The first-order valence-corrected chi connectivity index (χ1v) is 12.2. The number of hydrogen-bond acceptors (Lipinski definition) is 2. The molecule has 1 aliphatic rings. The van der Waals surface area contributed by atoms with E-state index in [2.05, 4.69) is 38.2 Å². The minimum atomic E-state index is -0.0664. The molecule has 1 atom stereocenters. The predicted octanol–water partition coefficient (Wildman–Crippen LogP) is 5.67. The van der Waals surface area contributed by atoms with Gasteiger partial charge >= 0.3 is 0 Å². The Labute approximate surface area is 194 Å². The number of likely N-dealkylation sites (tertiary alicyclic amines) is 1. The maximum atomic E-state index is 13.0. The number of hydrogen-bond donors (Lipinski definition) is 2. The molecule has 0 aliphatic carbocycles. The Hall–Kier alpha value is -2.14. The number of carbonyl (C=O) groups is 1. The van der Waals surface area contributed by atoms with Gasteiger partial charge in [-0.15, -0.1) is 11.3 Å². The second kappa shape index (κ2) is 9.56. The molecule has 0 saturated carbocycles. The molecule has 1 aliphatic heterocycles. The summed E-state index contributed by atoms with van der Waals surface area (Å²) in [5.74, 6) is 0.696. The minimum Gasteiger partial charge on any atom is -0.325 e. The van der Waals surface area contributed by atoms with Crippen molar-refractivity contribution in [2.45, 2.75) is 39.7 Å². The van der Waals surface area contributed by atoms with Crippen molar-refractivity contribution in [1.29, 1.82) is 0 Å². The number of nitrogens with one attached hydrogen (secondary N) is 2. The molecule has 2 heterocycles. The standard InChI is InChI=1S/C26H29ClN2OS/c1-17-13-15-29(16-14-17)24(21-11-7-8-12-22(21)27)23-18(2)19(3)31-26(23)28-25(30)20-9-5-4-6-10-20/h4-12,17,24H,13-16H2,1-3H3,(H,28,30)/p+1/t24-/m1/s1. The first-order valence-electron chi connectivity index (χ1n) is 11.0. The number of halogens is 1. The van der Waals surface area contributed by atoms with Crippen molar-refractivity contribution in [2.75, 3.05) is 18.4 Å². The van der Waals surface area contributed by atoms with Crippen molar-refractivity contribution in [2.24, 2.45) is 5.92 Å². The lowest BCUT2D eigenvalue weighted by molar-refractivity contribution is -0.931. The van der Waals surface area contributed by atoms with E-state index in [0.29, 0.717) is 5.56 Å².